The third kappa shape index (κ3) is 2.45. The molecule has 2 aromatic rings. The van der Waals surface area contributed by atoms with E-state index in [-0.39, 0.29) is 0 Å². The highest BCUT2D eigenvalue weighted by Crippen LogP contribution is 2.48. The van der Waals surface area contributed by atoms with Crippen LogP contribution in [0.25, 0.3) is 0 Å². The molecule has 92 valence electrons. The predicted molar refractivity (Wildman–Crippen MR) is 79.7 cm³/mol. The van der Waals surface area contributed by atoms with Crippen LogP contribution < -0.4 is 0 Å². The Labute approximate surface area is 117 Å². The smallest absolute Gasteiger partial charge is 0.0265 e. The van der Waals surface area contributed by atoms with E-state index < -0.39 is 0 Å². The summed E-state index contributed by atoms with van der Waals surface area (Å²) >= 11 is 3.79. The van der Waals surface area contributed by atoms with Gasteiger partial charge in [-0.3, -0.25) is 0 Å². The second-order valence-corrected chi connectivity index (χ2v) is 7.20. The molecule has 2 heteroatoms. The number of hydrogen-bond donors (Lipinski definition) is 0. The van der Waals surface area contributed by atoms with Gasteiger partial charge in [0.15, 0.2) is 0 Å². The molecule has 0 N–H and O–H groups in total. The van der Waals surface area contributed by atoms with Crippen molar-refractivity contribution in [2.24, 2.45) is 5.92 Å². The van der Waals surface area contributed by atoms with Crippen LogP contribution in [-0.4, -0.2) is 0 Å². The molecule has 0 saturated carbocycles. The van der Waals surface area contributed by atoms with Gasteiger partial charge in [0.1, 0.15) is 0 Å². The van der Waals surface area contributed by atoms with Crippen LogP contribution in [0.2, 0.25) is 0 Å². The lowest BCUT2D eigenvalue weighted by molar-refractivity contribution is 0.646. The SMILES string of the molecule is CC(C)Cc1ccc2c(c1)Sc1ccccc1S2. The zero-order valence-electron chi connectivity index (χ0n) is 10.6. The van der Waals surface area contributed by atoms with E-state index in [0.29, 0.717) is 0 Å². The second-order valence-electron chi connectivity index (χ2n) is 5.03. The van der Waals surface area contributed by atoms with Crippen molar-refractivity contribution in [3.8, 4) is 0 Å². The quantitative estimate of drug-likeness (QED) is 0.604. The Balaban J connectivity index is 1.93. The van der Waals surface area contributed by atoms with E-state index >= 15 is 0 Å². The third-order valence-corrected chi connectivity index (χ3v) is 5.48. The van der Waals surface area contributed by atoms with Crippen LogP contribution in [0.15, 0.2) is 62.0 Å². The molecule has 0 nitrogen and oxygen atoms in total. The van der Waals surface area contributed by atoms with Crippen molar-refractivity contribution in [2.75, 3.05) is 0 Å². The summed E-state index contributed by atoms with van der Waals surface area (Å²) in [5, 5.41) is 0. The molecule has 0 unspecified atom stereocenters. The van der Waals surface area contributed by atoms with E-state index in [1.807, 2.05) is 23.5 Å². The summed E-state index contributed by atoms with van der Waals surface area (Å²) in [7, 11) is 0. The zero-order chi connectivity index (χ0) is 12.5. The Kier molecular flexibility index (Phi) is 3.40. The fourth-order valence-corrected chi connectivity index (χ4v) is 4.45. The Morgan fingerprint density at radius 1 is 0.833 bits per heavy atom. The maximum Gasteiger partial charge on any atom is 0.0265 e. The molecule has 0 spiro atoms. The molecule has 18 heavy (non-hydrogen) atoms. The first-order chi connectivity index (χ1) is 8.72. The highest BCUT2D eigenvalue weighted by molar-refractivity contribution is 8.05. The van der Waals surface area contributed by atoms with Crippen LogP contribution in [0.1, 0.15) is 19.4 Å². The zero-order valence-corrected chi connectivity index (χ0v) is 12.3. The van der Waals surface area contributed by atoms with Gasteiger partial charge in [0, 0.05) is 19.6 Å². The van der Waals surface area contributed by atoms with E-state index in [2.05, 4.69) is 56.3 Å². The van der Waals surface area contributed by atoms with Gasteiger partial charge in [0.2, 0.25) is 0 Å². The van der Waals surface area contributed by atoms with Crippen molar-refractivity contribution in [1.82, 2.24) is 0 Å². The molecule has 0 amide bonds. The van der Waals surface area contributed by atoms with Crippen LogP contribution in [-0.2, 0) is 6.42 Å². The molecule has 0 aromatic heterocycles. The van der Waals surface area contributed by atoms with Gasteiger partial charge in [-0.15, -0.1) is 0 Å². The van der Waals surface area contributed by atoms with E-state index in [1.165, 1.54) is 31.6 Å². The Bertz CT molecular complexity index is 573. The first kappa shape index (κ1) is 12.2. The van der Waals surface area contributed by atoms with Crippen LogP contribution in [0.5, 0.6) is 0 Å². The van der Waals surface area contributed by atoms with Crippen molar-refractivity contribution >= 4 is 23.5 Å². The minimum atomic E-state index is 0.719. The standard InChI is InChI=1S/C16H16S2/c1-11(2)9-12-7-8-15-16(10-12)18-14-6-4-3-5-13(14)17-15/h3-8,10-11H,9H2,1-2H3. The maximum atomic E-state index is 2.36. The van der Waals surface area contributed by atoms with Crippen molar-refractivity contribution < 1.29 is 0 Å². The van der Waals surface area contributed by atoms with Crippen molar-refractivity contribution in [3.63, 3.8) is 0 Å². The summed E-state index contributed by atoms with van der Waals surface area (Å²) in [5.74, 6) is 0.719. The summed E-state index contributed by atoms with van der Waals surface area (Å²) in [5.41, 5.74) is 1.45. The molecule has 0 bridgehead atoms. The minimum absolute atomic E-state index is 0.719. The summed E-state index contributed by atoms with van der Waals surface area (Å²) in [6.07, 6.45) is 1.17. The Morgan fingerprint density at radius 3 is 2.11 bits per heavy atom. The average molecular weight is 272 g/mol. The fraction of sp³-hybridized carbons (Fsp3) is 0.250. The Morgan fingerprint density at radius 2 is 1.44 bits per heavy atom. The first-order valence-electron chi connectivity index (χ1n) is 6.30. The van der Waals surface area contributed by atoms with E-state index in [4.69, 9.17) is 0 Å². The van der Waals surface area contributed by atoms with Gasteiger partial charge < -0.3 is 0 Å². The van der Waals surface area contributed by atoms with Crippen molar-refractivity contribution in [2.45, 2.75) is 39.9 Å². The predicted octanol–water partition coefficient (Wildman–Crippen LogP) is 5.50. The van der Waals surface area contributed by atoms with Gasteiger partial charge in [0.25, 0.3) is 0 Å². The number of benzene rings is 2. The van der Waals surface area contributed by atoms with Gasteiger partial charge >= 0.3 is 0 Å². The molecule has 0 radical (unpaired) electrons. The largest absolute Gasteiger partial charge is 0.0877 e. The van der Waals surface area contributed by atoms with Gasteiger partial charge in [-0.2, -0.15) is 0 Å². The van der Waals surface area contributed by atoms with E-state index in [9.17, 15) is 0 Å². The summed E-state index contributed by atoms with van der Waals surface area (Å²) in [6, 6.07) is 15.6. The van der Waals surface area contributed by atoms with Crippen LogP contribution >= 0.6 is 23.5 Å². The average Bonchev–Trinajstić information content (AvgIpc) is 2.35. The fourth-order valence-electron chi connectivity index (χ4n) is 2.17. The van der Waals surface area contributed by atoms with Gasteiger partial charge in [0.05, 0.1) is 0 Å². The Hall–Kier alpha value is -0.860. The molecule has 2 aromatic carbocycles. The molecule has 0 atom stereocenters. The topological polar surface area (TPSA) is 0 Å². The summed E-state index contributed by atoms with van der Waals surface area (Å²) in [6.45, 7) is 4.55. The molecule has 3 rings (SSSR count). The number of fused-ring (bicyclic) bond motifs is 2. The van der Waals surface area contributed by atoms with E-state index in [0.717, 1.165) is 5.92 Å². The van der Waals surface area contributed by atoms with Crippen LogP contribution in [0, 0.1) is 5.92 Å². The molecule has 0 fully saturated rings. The molecule has 1 heterocycles. The summed E-state index contributed by atoms with van der Waals surface area (Å²) in [4.78, 5) is 5.58. The second kappa shape index (κ2) is 5.02. The van der Waals surface area contributed by atoms with E-state index in [1.54, 1.807) is 0 Å². The van der Waals surface area contributed by atoms with Crippen LogP contribution in [0.3, 0.4) is 0 Å². The van der Waals surface area contributed by atoms with Crippen LogP contribution in [0.4, 0.5) is 0 Å². The molecular weight excluding hydrogens is 256 g/mol. The van der Waals surface area contributed by atoms with Crippen molar-refractivity contribution in [1.29, 1.82) is 0 Å². The van der Waals surface area contributed by atoms with Gasteiger partial charge in [-0.05, 0) is 42.2 Å². The molecular formula is C16H16S2. The lowest BCUT2D eigenvalue weighted by Crippen LogP contribution is -1.96. The minimum Gasteiger partial charge on any atom is -0.0877 e. The molecule has 1 aliphatic heterocycles. The lowest BCUT2D eigenvalue weighted by Gasteiger charge is -2.19. The normalized spacial score (nSPS) is 13.3. The number of rotatable bonds is 2. The summed E-state index contributed by atoms with van der Waals surface area (Å²) < 4.78 is 0. The molecule has 0 aliphatic carbocycles. The highest BCUT2D eigenvalue weighted by atomic mass is 32.2. The molecule has 0 saturated heterocycles. The van der Waals surface area contributed by atoms with Gasteiger partial charge in [-0.25, -0.2) is 0 Å². The third-order valence-electron chi connectivity index (χ3n) is 2.94. The van der Waals surface area contributed by atoms with Gasteiger partial charge in [-0.1, -0.05) is 55.6 Å². The molecule has 1 aliphatic rings. The first-order valence-corrected chi connectivity index (χ1v) is 7.93. The highest BCUT2D eigenvalue weighted by Gasteiger charge is 2.16. The monoisotopic (exact) mass is 272 g/mol. The maximum absolute atomic E-state index is 2.36. The lowest BCUT2D eigenvalue weighted by atomic mass is 10.0. The van der Waals surface area contributed by atoms with Crippen molar-refractivity contribution in [3.05, 3.63) is 48.0 Å². The number of hydrogen-bond acceptors (Lipinski definition) is 2.